The van der Waals surface area contributed by atoms with Gasteiger partial charge in [0.1, 0.15) is 0 Å². The molecule has 2 aromatic rings. The van der Waals surface area contributed by atoms with Crippen LogP contribution in [0.4, 0.5) is 0 Å². The summed E-state index contributed by atoms with van der Waals surface area (Å²) in [6.45, 7) is 7.36. The molecule has 2 atom stereocenters. The van der Waals surface area contributed by atoms with E-state index in [2.05, 4.69) is 35.1 Å². The predicted octanol–water partition coefficient (Wildman–Crippen LogP) is 2.89. The maximum absolute atomic E-state index is 6.41. The quantitative estimate of drug-likeness (QED) is 0.857. The van der Waals surface area contributed by atoms with Gasteiger partial charge in [0.25, 0.3) is 0 Å². The van der Waals surface area contributed by atoms with Gasteiger partial charge in [-0.3, -0.25) is 9.58 Å². The van der Waals surface area contributed by atoms with Crippen molar-refractivity contribution in [2.75, 3.05) is 13.2 Å². The van der Waals surface area contributed by atoms with Gasteiger partial charge in [-0.15, -0.1) is 16.4 Å². The highest BCUT2D eigenvalue weighted by atomic mass is 32.1. The second kappa shape index (κ2) is 6.24. The molecule has 0 aliphatic carbocycles. The first-order chi connectivity index (χ1) is 11.6. The van der Waals surface area contributed by atoms with Crippen molar-refractivity contribution in [3.63, 3.8) is 0 Å². The number of ether oxygens (including phenoxy) is 1. The minimum absolute atomic E-state index is 0.0597. The number of thiophene rings is 1. The molecular formula is C18H26N4OS. The minimum Gasteiger partial charge on any atom is -0.370 e. The molecule has 1 spiro atoms. The SMILES string of the molecule is CCc1cc2c(s1)CCO[C@@]21CCN(Cc2cn(C)nn2)[C@@H](C)C1. The summed E-state index contributed by atoms with van der Waals surface area (Å²) in [4.78, 5) is 5.58. The summed E-state index contributed by atoms with van der Waals surface area (Å²) >= 11 is 2.00. The fourth-order valence-corrected chi connectivity index (χ4v) is 5.36. The fraction of sp³-hybridized carbons (Fsp3) is 0.667. The van der Waals surface area contributed by atoms with Gasteiger partial charge in [-0.2, -0.15) is 0 Å². The molecule has 1 fully saturated rings. The minimum atomic E-state index is -0.0597. The molecule has 4 rings (SSSR count). The predicted molar refractivity (Wildman–Crippen MR) is 95.1 cm³/mol. The number of likely N-dealkylation sites (tertiary alicyclic amines) is 1. The number of aromatic nitrogens is 3. The lowest BCUT2D eigenvalue weighted by atomic mass is 9.79. The van der Waals surface area contributed by atoms with Gasteiger partial charge < -0.3 is 4.74 Å². The van der Waals surface area contributed by atoms with E-state index in [1.165, 1.54) is 10.4 Å². The second-order valence-corrected chi connectivity index (χ2v) is 8.37. The summed E-state index contributed by atoms with van der Waals surface area (Å²) in [7, 11) is 1.92. The van der Waals surface area contributed by atoms with Gasteiger partial charge in [-0.05, 0) is 37.8 Å². The molecule has 0 amide bonds. The van der Waals surface area contributed by atoms with E-state index in [0.717, 1.165) is 51.1 Å². The van der Waals surface area contributed by atoms with Crippen LogP contribution in [0, 0.1) is 0 Å². The molecule has 4 heterocycles. The number of hydrogen-bond donors (Lipinski definition) is 0. The van der Waals surface area contributed by atoms with Gasteiger partial charge in [0.05, 0.1) is 17.9 Å². The molecule has 130 valence electrons. The molecule has 0 saturated carbocycles. The smallest absolute Gasteiger partial charge is 0.0969 e. The third-order valence-corrected chi connectivity index (χ3v) is 6.81. The Labute approximate surface area is 147 Å². The van der Waals surface area contributed by atoms with Crippen molar-refractivity contribution in [3.8, 4) is 0 Å². The molecule has 0 radical (unpaired) electrons. The average Bonchev–Trinajstić information content (AvgIpc) is 3.17. The van der Waals surface area contributed by atoms with Gasteiger partial charge in [-0.25, -0.2) is 0 Å². The number of aryl methyl sites for hydroxylation is 2. The fourth-order valence-electron chi connectivity index (χ4n) is 4.19. The Kier molecular flexibility index (Phi) is 4.22. The lowest BCUT2D eigenvalue weighted by molar-refractivity contribution is -0.112. The van der Waals surface area contributed by atoms with E-state index in [1.807, 2.05) is 24.6 Å². The topological polar surface area (TPSA) is 43.2 Å². The van der Waals surface area contributed by atoms with E-state index in [-0.39, 0.29) is 5.60 Å². The molecule has 0 aromatic carbocycles. The second-order valence-electron chi connectivity index (χ2n) is 7.15. The van der Waals surface area contributed by atoms with Gasteiger partial charge in [0.2, 0.25) is 0 Å². The maximum Gasteiger partial charge on any atom is 0.0969 e. The highest BCUT2D eigenvalue weighted by molar-refractivity contribution is 7.12. The van der Waals surface area contributed by atoms with Crippen LogP contribution in [0.3, 0.4) is 0 Å². The Morgan fingerprint density at radius 1 is 1.46 bits per heavy atom. The Hall–Kier alpha value is -1.24. The first-order valence-corrected chi connectivity index (χ1v) is 9.76. The Morgan fingerprint density at radius 2 is 2.33 bits per heavy atom. The monoisotopic (exact) mass is 346 g/mol. The van der Waals surface area contributed by atoms with Crippen molar-refractivity contribution < 1.29 is 4.74 Å². The number of hydrogen-bond acceptors (Lipinski definition) is 5. The van der Waals surface area contributed by atoms with E-state index in [4.69, 9.17) is 4.74 Å². The van der Waals surface area contributed by atoms with Crippen LogP contribution >= 0.6 is 11.3 Å². The molecule has 0 N–H and O–H groups in total. The number of piperidine rings is 1. The molecule has 1 saturated heterocycles. The van der Waals surface area contributed by atoms with Crippen LogP contribution in [-0.2, 0) is 36.8 Å². The van der Waals surface area contributed by atoms with Crippen molar-refractivity contribution in [3.05, 3.63) is 33.3 Å². The van der Waals surface area contributed by atoms with Crippen LogP contribution in [0.5, 0.6) is 0 Å². The summed E-state index contributed by atoms with van der Waals surface area (Å²) in [6.07, 6.45) is 6.37. The summed E-state index contributed by atoms with van der Waals surface area (Å²) in [5.74, 6) is 0. The van der Waals surface area contributed by atoms with Crippen LogP contribution in [0.25, 0.3) is 0 Å². The van der Waals surface area contributed by atoms with Gasteiger partial charge in [0, 0.05) is 48.6 Å². The van der Waals surface area contributed by atoms with E-state index >= 15 is 0 Å². The molecule has 24 heavy (non-hydrogen) atoms. The maximum atomic E-state index is 6.41. The molecule has 2 aliphatic rings. The van der Waals surface area contributed by atoms with Crippen LogP contribution in [0.2, 0.25) is 0 Å². The highest BCUT2D eigenvalue weighted by Crippen LogP contribution is 2.46. The normalized spacial score (nSPS) is 27.5. The van der Waals surface area contributed by atoms with Gasteiger partial charge >= 0.3 is 0 Å². The van der Waals surface area contributed by atoms with Crippen LogP contribution in [0.1, 0.15) is 47.7 Å². The zero-order valence-electron chi connectivity index (χ0n) is 14.8. The first-order valence-electron chi connectivity index (χ1n) is 8.95. The highest BCUT2D eigenvalue weighted by Gasteiger charge is 2.44. The third kappa shape index (κ3) is 2.80. The largest absolute Gasteiger partial charge is 0.370 e. The van der Waals surface area contributed by atoms with Crippen LogP contribution in [-0.4, -0.2) is 39.1 Å². The molecule has 2 aromatic heterocycles. The van der Waals surface area contributed by atoms with Crippen molar-refractivity contribution in [1.29, 1.82) is 0 Å². The molecular weight excluding hydrogens is 320 g/mol. The number of rotatable bonds is 3. The zero-order chi connectivity index (χ0) is 16.7. The average molecular weight is 347 g/mol. The standard InChI is InChI=1S/C18H26N4OS/c1-4-15-9-16-17(24-15)5-8-23-18(16)6-7-22(13(2)10-18)12-14-11-21(3)20-19-14/h9,11,13H,4-8,10,12H2,1-3H3/t13-,18+/m0/s1. The molecule has 5 nitrogen and oxygen atoms in total. The van der Waals surface area contributed by atoms with Crippen molar-refractivity contribution in [1.82, 2.24) is 19.9 Å². The van der Waals surface area contributed by atoms with E-state index in [0.29, 0.717) is 6.04 Å². The molecule has 6 heteroatoms. The van der Waals surface area contributed by atoms with Crippen molar-refractivity contribution in [2.24, 2.45) is 7.05 Å². The first kappa shape index (κ1) is 16.2. The van der Waals surface area contributed by atoms with Gasteiger partial charge in [0.15, 0.2) is 0 Å². The number of nitrogens with zero attached hydrogens (tertiary/aromatic N) is 4. The van der Waals surface area contributed by atoms with Crippen LogP contribution < -0.4 is 0 Å². The number of fused-ring (bicyclic) bond motifs is 2. The Bertz CT molecular complexity index is 724. The lowest BCUT2D eigenvalue weighted by Gasteiger charge is -2.47. The summed E-state index contributed by atoms with van der Waals surface area (Å²) in [6, 6.07) is 2.90. The van der Waals surface area contributed by atoms with Crippen molar-refractivity contribution >= 4 is 11.3 Å². The Morgan fingerprint density at radius 3 is 3.04 bits per heavy atom. The molecule has 0 bridgehead atoms. The van der Waals surface area contributed by atoms with Gasteiger partial charge in [-0.1, -0.05) is 12.1 Å². The third-order valence-electron chi connectivity index (χ3n) is 5.47. The lowest BCUT2D eigenvalue weighted by Crippen LogP contribution is -2.50. The van der Waals surface area contributed by atoms with Crippen molar-refractivity contribution in [2.45, 2.75) is 57.7 Å². The van der Waals surface area contributed by atoms with E-state index in [9.17, 15) is 0 Å². The molecule has 0 unspecified atom stereocenters. The van der Waals surface area contributed by atoms with E-state index in [1.54, 1.807) is 9.56 Å². The zero-order valence-corrected chi connectivity index (χ0v) is 15.6. The Balaban J connectivity index is 1.53. The van der Waals surface area contributed by atoms with Crippen LogP contribution in [0.15, 0.2) is 12.3 Å². The summed E-state index contributed by atoms with van der Waals surface area (Å²) in [5, 5.41) is 8.29. The summed E-state index contributed by atoms with van der Waals surface area (Å²) < 4.78 is 8.19. The van der Waals surface area contributed by atoms with E-state index < -0.39 is 0 Å². The molecule has 2 aliphatic heterocycles. The summed E-state index contributed by atoms with van der Waals surface area (Å²) in [5.41, 5.74) is 2.48.